The number of rotatable bonds is 7. The first-order valence-electron chi connectivity index (χ1n) is 10.3. The molecule has 0 saturated carbocycles. The third-order valence-corrected chi connectivity index (χ3v) is 5.36. The summed E-state index contributed by atoms with van der Waals surface area (Å²) in [6.07, 6.45) is 0. The predicted octanol–water partition coefficient (Wildman–Crippen LogP) is 5.34. The van der Waals surface area contributed by atoms with Crippen molar-refractivity contribution in [2.24, 2.45) is 0 Å². The van der Waals surface area contributed by atoms with Gasteiger partial charge in [0.05, 0.1) is 19.9 Å². The molecule has 1 heterocycles. The van der Waals surface area contributed by atoms with E-state index < -0.39 is 11.9 Å². The minimum Gasteiger partial charge on any atom is -0.488 e. The Morgan fingerprint density at radius 1 is 0.853 bits per heavy atom. The van der Waals surface area contributed by atoms with Gasteiger partial charge in [-0.25, -0.2) is 14.3 Å². The SMILES string of the molecule is COC(=O)c1c(-c2ccccc2OCc2ccc(Cl)cc2)nn(-c2ccccc2)c1C(=O)OC. The van der Waals surface area contributed by atoms with Gasteiger partial charge >= 0.3 is 11.9 Å². The summed E-state index contributed by atoms with van der Waals surface area (Å²) >= 11 is 5.97. The van der Waals surface area contributed by atoms with E-state index in [2.05, 4.69) is 5.10 Å². The normalized spacial score (nSPS) is 10.6. The highest BCUT2D eigenvalue weighted by molar-refractivity contribution is 6.30. The molecule has 4 aromatic rings. The number of para-hydroxylation sites is 2. The Bertz CT molecular complexity index is 1320. The summed E-state index contributed by atoms with van der Waals surface area (Å²) in [6, 6.07) is 23.4. The summed E-state index contributed by atoms with van der Waals surface area (Å²) in [4.78, 5) is 25.7. The maximum atomic E-state index is 12.9. The first kappa shape index (κ1) is 23.1. The maximum Gasteiger partial charge on any atom is 0.357 e. The van der Waals surface area contributed by atoms with E-state index in [-0.39, 0.29) is 23.6 Å². The van der Waals surface area contributed by atoms with Gasteiger partial charge in [-0.05, 0) is 42.0 Å². The summed E-state index contributed by atoms with van der Waals surface area (Å²) < 4.78 is 17.4. The molecule has 0 amide bonds. The van der Waals surface area contributed by atoms with Crippen molar-refractivity contribution in [2.45, 2.75) is 6.61 Å². The highest BCUT2D eigenvalue weighted by Crippen LogP contribution is 2.35. The number of methoxy groups -OCH3 is 2. The zero-order valence-corrected chi connectivity index (χ0v) is 19.3. The van der Waals surface area contributed by atoms with E-state index in [1.807, 2.05) is 24.3 Å². The monoisotopic (exact) mass is 476 g/mol. The van der Waals surface area contributed by atoms with Crippen LogP contribution in [0.1, 0.15) is 26.4 Å². The lowest BCUT2D eigenvalue weighted by atomic mass is 10.0. The van der Waals surface area contributed by atoms with Crippen LogP contribution in [0.15, 0.2) is 78.9 Å². The van der Waals surface area contributed by atoms with Gasteiger partial charge in [-0.1, -0.05) is 54.1 Å². The molecule has 34 heavy (non-hydrogen) atoms. The van der Waals surface area contributed by atoms with Crippen LogP contribution in [0.2, 0.25) is 5.02 Å². The van der Waals surface area contributed by atoms with Gasteiger partial charge in [-0.2, -0.15) is 5.10 Å². The van der Waals surface area contributed by atoms with Crippen LogP contribution in [0, 0.1) is 0 Å². The van der Waals surface area contributed by atoms with Crippen molar-refractivity contribution in [1.82, 2.24) is 9.78 Å². The summed E-state index contributed by atoms with van der Waals surface area (Å²) in [7, 11) is 2.49. The number of benzene rings is 3. The average molecular weight is 477 g/mol. The van der Waals surface area contributed by atoms with Gasteiger partial charge in [0, 0.05) is 10.6 Å². The fourth-order valence-corrected chi connectivity index (χ4v) is 3.60. The Hall–Kier alpha value is -4.10. The molecule has 3 aromatic carbocycles. The molecule has 0 fully saturated rings. The number of carbonyl (C=O) groups is 2. The molecular weight excluding hydrogens is 456 g/mol. The third-order valence-electron chi connectivity index (χ3n) is 5.10. The zero-order chi connectivity index (χ0) is 24.1. The number of nitrogens with zero attached hydrogens (tertiary/aromatic N) is 2. The number of esters is 2. The van der Waals surface area contributed by atoms with E-state index >= 15 is 0 Å². The Morgan fingerprint density at radius 3 is 2.18 bits per heavy atom. The van der Waals surface area contributed by atoms with E-state index in [0.29, 0.717) is 22.0 Å². The van der Waals surface area contributed by atoms with E-state index in [1.54, 1.807) is 54.6 Å². The summed E-state index contributed by atoms with van der Waals surface area (Å²) in [6.45, 7) is 0.269. The fourth-order valence-electron chi connectivity index (χ4n) is 3.47. The molecule has 0 atom stereocenters. The van der Waals surface area contributed by atoms with Crippen molar-refractivity contribution in [2.75, 3.05) is 14.2 Å². The van der Waals surface area contributed by atoms with Crippen LogP contribution in [-0.2, 0) is 16.1 Å². The van der Waals surface area contributed by atoms with Crippen LogP contribution in [0.3, 0.4) is 0 Å². The summed E-state index contributed by atoms with van der Waals surface area (Å²) in [5.41, 5.74) is 2.21. The lowest BCUT2D eigenvalue weighted by molar-refractivity contribution is 0.0549. The quantitative estimate of drug-likeness (QED) is 0.335. The van der Waals surface area contributed by atoms with E-state index in [9.17, 15) is 9.59 Å². The van der Waals surface area contributed by atoms with Gasteiger partial charge in [0.1, 0.15) is 23.6 Å². The molecule has 8 heteroatoms. The minimum absolute atomic E-state index is 0.0132. The second kappa shape index (κ2) is 10.2. The van der Waals surface area contributed by atoms with Gasteiger partial charge in [0.25, 0.3) is 0 Å². The number of halogens is 1. The molecule has 4 rings (SSSR count). The number of hydrogen-bond acceptors (Lipinski definition) is 6. The van der Waals surface area contributed by atoms with Gasteiger partial charge in [0.2, 0.25) is 0 Å². The minimum atomic E-state index is -0.720. The number of hydrogen-bond donors (Lipinski definition) is 0. The van der Waals surface area contributed by atoms with Crippen molar-refractivity contribution in [3.05, 3.63) is 101 Å². The smallest absolute Gasteiger partial charge is 0.357 e. The predicted molar refractivity (Wildman–Crippen MR) is 127 cm³/mol. The van der Waals surface area contributed by atoms with E-state index in [0.717, 1.165) is 5.56 Å². The number of carbonyl (C=O) groups excluding carboxylic acids is 2. The van der Waals surface area contributed by atoms with Crippen LogP contribution in [0.25, 0.3) is 16.9 Å². The lowest BCUT2D eigenvalue weighted by Gasteiger charge is -2.11. The largest absolute Gasteiger partial charge is 0.488 e. The third kappa shape index (κ3) is 4.65. The van der Waals surface area contributed by atoms with Crippen molar-refractivity contribution in [3.63, 3.8) is 0 Å². The Labute approximate surface area is 201 Å². The number of ether oxygens (including phenoxy) is 3. The topological polar surface area (TPSA) is 79.7 Å². The number of aromatic nitrogens is 2. The Balaban J connectivity index is 1.86. The van der Waals surface area contributed by atoms with Gasteiger partial charge in [-0.15, -0.1) is 0 Å². The van der Waals surface area contributed by atoms with Crippen molar-refractivity contribution in [1.29, 1.82) is 0 Å². The van der Waals surface area contributed by atoms with Crippen molar-refractivity contribution >= 4 is 23.5 Å². The standard InChI is InChI=1S/C26H21ClN2O5/c1-32-25(30)22-23(28-29(24(22)26(31)33-2)19-8-4-3-5-9-19)20-10-6-7-11-21(20)34-16-17-12-14-18(27)15-13-17/h3-15H,16H2,1-2H3. The van der Waals surface area contributed by atoms with Crippen LogP contribution in [-0.4, -0.2) is 35.9 Å². The molecule has 7 nitrogen and oxygen atoms in total. The first-order valence-corrected chi connectivity index (χ1v) is 10.7. The maximum absolute atomic E-state index is 12.9. The van der Waals surface area contributed by atoms with Crippen LogP contribution >= 0.6 is 11.6 Å². The van der Waals surface area contributed by atoms with E-state index in [4.69, 9.17) is 25.8 Å². The zero-order valence-electron chi connectivity index (χ0n) is 18.5. The van der Waals surface area contributed by atoms with Crippen molar-refractivity contribution in [3.8, 4) is 22.7 Å². The van der Waals surface area contributed by atoms with Crippen LogP contribution in [0.5, 0.6) is 5.75 Å². The molecule has 0 unspecified atom stereocenters. The van der Waals surface area contributed by atoms with Crippen molar-refractivity contribution < 1.29 is 23.8 Å². The Morgan fingerprint density at radius 2 is 1.50 bits per heavy atom. The molecule has 0 radical (unpaired) electrons. The summed E-state index contributed by atoms with van der Waals surface area (Å²) in [5.74, 6) is -0.954. The van der Waals surface area contributed by atoms with Gasteiger partial charge < -0.3 is 14.2 Å². The molecule has 0 bridgehead atoms. The first-order chi connectivity index (χ1) is 16.5. The summed E-state index contributed by atoms with van der Waals surface area (Å²) in [5, 5.41) is 5.27. The molecule has 0 spiro atoms. The molecule has 0 aliphatic rings. The second-order valence-electron chi connectivity index (χ2n) is 7.21. The van der Waals surface area contributed by atoms with Crippen LogP contribution < -0.4 is 4.74 Å². The average Bonchev–Trinajstić information content (AvgIpc) is 3.28. The van der Waals surface area contributed by atoms with Crippen LogP contribution in [0.4, 0.5) is 0 Å². The lowest BCUT2D eigenvalue weighted by Crippen LogP contribution is -2.15. The molecule has 1 aromatic heterocycles. The highest BCUT2D eigenvalue weighted by atomic mass is 35.5. The van der Waals surface area contributed by atoms with Gasteiger partial charge in [-0.3, -0.25) is 0 Å². The highest BCUT2D eigenvalue weighted by Gasteiger charge is 2.32. The second-order valence-corrected chi connectivity index (χ2v) is 7.65. The molecule has 0 saturated heterocycles. The molecular formula is C26H21ClN2O5. The Kier molecular flexibility index (Phi) is 6.94. The molecule has 0 aliphatic carbocycles. The molecule has 0 aliphatic heterocycles. The molecule has 0 N–H and O–H groups in total. The van der Waals surface area contributed by atoms with E-state index in [1.165, 1.54) is 18.9 Å². The molecule has 172 valence electrons. The van der Waals surface area contributed by atoms with Gasteiger partial charge in [0.15, 0.2) is 5.69 Å². The fraction of sp³-hybridized carbons (Fsp3) is 0.115.